The average Bonchev–Trinajstić information content (AvgIpc) is 3.00. The number of unbranched alkanes of at least 4 members (excludes halogenated alkanes) is 1. The lowest BCUT2D eigenvalue weighted by atomic mass is 9.69. The Balaban J connectivity index is 2.44. The fraction of sp³-hybridized carbons (Fsp3) is 0.762. The highest BCUT2D eigenvalue weighted by molar-refractivity contribution is 5.97. The number of hydrogen-bond donors (Lipinski definition) is 3. The fourth-order valence-corrected chi connectivity index (χ4v) is 4.66. The Hall–Kier alpha value is -1.89. The minimum Gasteiger partial charge on any atom is -0.394 e. The van der Waals surface area contributed by atoms with E-state index in [1.54, 1.807) is 11.9 Å². The van der Waals surface area contributed by atoms with Gasteiger partial charge in [-0.1, -0.05) is 39.3 Å². The number of nitrogens with zero attached hydrogens (tertiary/aromatic N) is 1. The molecule has 1 aliphatic heterocycles. The molecule has 0 aromatic rings. The monoisotopic (exact) mass is 393 g/mol. The normalized spacial score (nSPS) is 30.1. The van der Waals surface area contributed by atoms with Crippen LogP contribution in [-0.2, 0) is 14.4 Å². The van der Waals surface area contributed by atoms with Crippen LogP contribution >= 0.6 is 0 Å². The lowest BCUT2D eigenvalue weighted by Gasteiger charge is -2.34. The van der Waals surface area contributed by atoms with E-state index < -0.39 is 23.9 Å². The maximum atomic E-state index is 13.5. The molecule has 3 amide bonds. The largest absolute Gasteiger partial charge is 0.394 e. The second-order valence-corrected chi connectivity index (χ2v) is 7.78. The molecule has 1 fully saturated rings. The van der Waals surface area contributed by atoms with Gasteiger partial charge in [0.2, 0.25) is 17.7 Å². The Morgan fingerprint density at radius 2 is 1.93 bits per heavy atom. The number of carbonyl (C=O) groups excluding carboxylic acids is 3. The number of carbonyl (C=O) groups is 3. The summed E-state index contributed by atoms with van der Waals surface area (Å²) in [5.74, 6) is -2.03. The molecule has 0 aromatic heterocycles. The molecule has 1 heterocycles. The minimum absolute atomic E-state index is 0.0388. The summed E-state index contributed by atoms with van der Waals surface area (Å²) in [6.07, 6.45) is 7.06. The van der Waals surface area contributed by atoms with Crippen molar-refractivity contribution in [3.8, 4) is 0 Å². The molecule has 0 saturated carbocycles. The molecule has 7 nitrogen and oxygen atoms in total. The second-order valence-electron chi connectivity index (χ2n) is 7.78. The van der Waals surface area contributed by atoms with E-state index in [-0.39, 0.29) is 36.2 Å². The van der Waals surface area contributed by atoms with Crippen molar-refractivity contribution in [2.75, 3.05) is 20.2 Å². The Kier molecular flexibility index (Phi) is 8.04. The lowest BCUT2D eigenvalue weighted by Crippen LogP contribution is -2.52. The first-order valence-electron chi connectivity index (χ1n) is 10.6. The van der Waals surface area contributed by atoms with E-state index in [0.29, 0.717) is 13.0 Å². The maximum Gasteiger partial charge on any atom is 0.243 e. The third-order valence-electron chi connectivity index (χ3n) is 6.24. The van der Waals surface area contributed by atoms with Gasteiger partial charge in [0.25, 0.3) is 0 Å². The predicted molar refractivity (Wildman–Crippen MR) is 107 cm³/mol. The van der Waals surface area contributed by atoms with Crippen LogP contribution < -0.4 is 10.6 Å². The van der Waals surface area contributed by atoms with Gasteiger partial charge in [0.15, 0.2) is 0 Å². The molecule has 2 rings (SSSR count). The summed E-state index contributed by atoms with van der Waals surface area (Å²) in [5, 5.41) is 15.5. The van der Waals surface area contributed by atoms with Gasteiger partial charge >= 0.3 is 0 Å². The Morgan fingerprint density at radius 1 is 1.21 bits per heavy atom. The number of aliphatic hydroxyl groups excluding tert-OH is 1. The first-order chi connectivity index (χ1) is 13.5. The molecular formula is C21H35N3O4. The van der Waals surface area contributed by atoms with Crippen molar-refractivity contribution in [1.29, 1.82) is 0 Å². The van der Waals surface area contributed by atoms with Crippen LogP contribution in [0, 0.1) is 23.7 Å². The van der Waals surface area contributed by atoms with Crippen LogP contribution in [0.25, 0.3) is 0 Å². The molecule has 0 aromatic carbocycles. The molecular weight excluding hydrogens is 358 g/mol. The van der Waals surface area contributed by atoms with E-state index in [1.165, 1.54) is 0 Å². The quantitative estimate of drug-likeness (QED) is 0.403. The summed E-state index contributed by atoms with van der Waals surface area (Å²) in [4.78, 5) is 40.7. The lowest BCUT2D eigenvalue weighted by molar-refractivity contribution is -0.143. The molecule has 1 aliphatic carbocycles. The van der Waals surface area contributed by atoms with Crippen molar-refractivity contribution in [3.05, 3.63) is 12.2 Å². The van der Waals surface area contributed by atoms with E-state index in [2.05, 4.69) is 17.6 Å². The Labute approximate surface area is 167 Å². The van der Waals surface area contributed by atoms with Gasteiger partial charge in [-0.2, -0.15) is 0 Å². The highest BCUT2D eigenvalue weighted by Gasteiger charge is 2.58. The first-order valence-corrected chi connectivity index (χ1v) is 10.6. The Bertz CT molecular complexity index is 602. The third-order valence-corrected chi connectivity index (χ3v) is 6.24. The van der Waals surface area contributed by atoms with Crippen molar-refractivity contribution < 1.29 is 19.5 Å². The number of fused-ring (bicyclic) bond motifs is 1. The van der Waals surface area contributed by atoms with Gasteiger partial charge < -0.3 is 20.6 Å². The van der Waals surface area contributed by atoms with Crippen molar-refractivity contribution in [2.24, 2.45) is 23.7 Å². The molecule has 0 spiro atoms. The van der Waals surface area contributed by atoms with E-state index in [4.69, 9.17) is 0 Å². The SMILES string of the molecule is CCCCNC(=O)[C@@H]1[C@H]2C=C[C@@H](CC)[C@@H](C(=O)NC)[C@@H]2C(=O)N1[C@@H](CC)CO. The fourth-order valence-electron chi connectivity index (χ4n) is 4.66. The number of aliphatic hydroxyl groups is 1. The molecule has 2 aliphatic rings. The van der Waals surface area contributed by atoms with Gasteiger partial charge in [0, 0.05) is 19.5 Å². The van der Waals surface area contributed by atoms with Crippen LogP contribution in [0.1, 0.15) is 46.5 Å². The molecule has 28 heavy (non-hydrogen) atoms. The highest BCUT2D eigenvalue weighted by Crippen LogP contribution is 2.45. The number of amides is 3. The van der Waals surface area contributed by atoms with Crippen LogP contribution in [0.3, 0.4) is 0 Å². The first kappa shape index (κ1) is 22.4. The summed E-state index contributed by atoms with van der Waals surface area (Å²) in [6, 6.07) is -1.12. The van der Waals surface area contributed by atoms with E-state index in [9.17, 15) is 19.5 Å². The number of likely N-dealkylation sites (tertiary alicyclic amines) is 1. The highest BCUT2D eigenvalue weighted by atomic mass is 16.3. The minimum atomic E-state index is -0.687. The summed E-state index contributed by atoms with van der Waals surface area (Å²) in [6.45, 7) is 6.30. The van der Waals surface area contributed by atoms with Gasteiger partial charge in [-0.15, -0.1) is 0 Å². The molecule has 0 unspecified atom stereocenters. The number of rotatable bonds is 9. The third kappa shape index (κ3) is 4.09. The van der Waals surface area contributed by atoms with Crippen LogP contribution in [0.4, 0.5) is 0 Å². The van der Waals surface area contributed by atoms with Gasteiger partial charge in [-0.05, 0) is 25.2 Å². The predicted octanol–water partition coefficient (Wildman–Crippen LogP) is 1.08. The summed E-state index contributed by atoms with van der Waals surface area (Å²) < 4.78 is 0. The zero-order chi connectivity index (χ0) is 20.8. The van der Waals surface area contributed by atoms with Crippen molar-refractivity contribution >= 4 is 17.7 Å². The molecule has 158 valence electrons. The van der Waals surface area contributed by atoms with E-state index >= 15 is 0 Å². The zero-order valence-electron chi connectivity index (χ0n) is 17.5. The average molecular weight is 394 g/mol. The number of hydrogen-bond acceptors (Lipinski definition) is 4. The van der Waals surface area contributed by atoms with Crippen LogP contribution in [0.5, 0.6) is 0 Å². The number of nitrogens with one attached hydrogen (secondary N) is 2. The van der Waals surface area contributed by atoms with Gasteiger partial charge in [-0.3, -0.25) is 14.4 Å². The van der Waals surface area contributed by atoms with Gasteiger partial charge in [0.05, 0.1) is 24.5 Å². The molecule has 6 atom stereocenters. The maximum absolute atomic E-state index is 13.5. The van der Waals surface area contributed by atoms with E-state index in [1.807, 2.05) is 26.0 Å². The number of allylic oxidation sites excluding steroid dienone is 1. The smallest absolute Gasteiger partial charge is 0.243 e. The summed E-state index contributed by atoms with van der Waals surface area (Å²) in [5.41, 5.74) is 0. The van der Waals surface area contributed by atoms with Crippen LogP contribution in [-0.4, -0.2) is 60.0 Å². The molecule has 7 heteroatoms. The van der Waals surface area contributed by atoms with Crippen molar-refractivity contribution in [1.82, 2.24) is 15.5 Å². The molecule has 0 bridgehead atoms. The van der Waals surface area contributed by atoms with E-state index in [0.717, 1.165) is 19.3 Å². The molecule has 1 saturated heterocycles. The standard InChI is InChI=1S/C21H35N3O4/c1-5-8-11-23-20(27)18-15-10-9-13(6-2)16(19(26)22-4)17(15)21(28)24(18)14(7-3)12-25/h9-10,13-18,25H,5-8,11-12H2,1-4H3,(H,22,26)(H,23,27)/t13-,14+,15+,16-,17-,18+/m1/s1. The molecule has 0 radical (unpaired) electrons. The summed E-state index contributed by atoms with van der Waals surface area (Å²) in [7, 11) is 1.58. The van der Waals surface area contributed by atoms with Gasteiger partial charge in [0.1, 0.15) is 6.04 Å². The van der Waals surface area contributed by atoms with Crippen molar-refractivity contribution in [2.45, 2.75) is 58.5 Å². The zero-order valence-corrected chi connectivity index (χ0v) is 17.5. The Morgan fingerprint density at radius 3 is 2.46 bits per heavy atom. The van der Waals surface area contributed by atoms with Crippen LogP contribution in [0.2, 0.25) is 0 Å². The molecule has 3 N–H and O–H groups in total. The topological polar surface area (TPSA) is 98.7 Å². The van der Waals surface area contributed by atoms with Gasteiger partial charge in [-0.25, -0.2) is 0 Å². The van der Waals surface area contributed by atoms with Crippen molar-refractivity contribution in [3.63, 3.8) is 0 Å². The van der Waals surface area contributed by atoms with Crippen LogP contribution in [0.15, 0.2) is 12.2 Å². The second kappa shape index (κ2) is 10.0. The summed E-state index contributed by atoms with van der Waals surface area (Å²) >= 11 is 0.